The number of rotatable bonds is 7. The zero-order chi connectivity index (χ0) is 14.5. The first-order valence-electron chi connectivity index (χ1n) is 8.11. The Labute approximate surface area is 126 Å². The van der Waals surface area contributed by atoms with E-state index < -0.39 is 0 Å². The highest BCUT2D eigenvalue weighted by Crippen LogP contribution is 2.33. The zero-order valence-electron chi connectivity index (χ0n) is 12.8. The predicted molar refractivity (Wildman–Crippen MR) is 82.1 cm³/mol. The Bertz CT molecular complexity index is 459. The van der Waals surface area contributed by atoms with Gasteiger partial charge >= 0.3 is 0 Å². The second-order valence-corrected chi connectivity index (χ2v) is 5.80. The molecule has 4 heteroatoms. The third kappa shape index (κ3) is 3.69. The molecule has 2 aliphatic rings. The lowest BCUT2D eigenvalue weighted by atomic mass is 9.96. The summed E-state index contributed by atoms with van der Waals surface area (Å²) in [5, 5.41) is 3.57. The normalized spacial score (nSPS) is 19.1. The van der Waals surface area contributed by atoms with Crippen LogP contribution in [0.4, 0.5) is 0 Å². The molecule has 116 valence electrons. The van der Waals surface area contributed by atoms with E-state index in [9.17, 15) is 0 Å². The van der Waals surface area contributed by atoms with E-state index in [0.717, 1.165) is 31.1 Å². The van der Waals surface area contributed by atoms with Gasteiger partial charge in [0.15, 0.2) is 11.5 Å². The Hall–Kier alpha value is -1.26. The van der Waals surface area contributed by atoms with E-state index in [0.29, 0.717) is 19.3 Å². The van der Waals surface area contributed by atoms with Crippen LogP contribution in [0.15, 0.2) is 18.2 Å². The average molecular weight is 291 g/mol. The second kappa shape index (κ2) is 7.14. The molecule has 21 heavy (non-hydrogen) atoms. The van der Waals surface area contributed by atoms with Crippen LogP contribution in [0.25, 0.3) is 0 Å². The smallest absolute Gasteiger partial charge is 0.161 e. The van der Waals surface area contributed by atoms with Crippen molar-refractivity contribution in [3.63, 3.8) is 0 Å². The van der Waals surface area contributed by atoms with Crippen LogP contribution in [0.2, 0.25) is 0 Å². The third-order valence-electron chi connectivity index (χ3n) is 4.16. The van der Waals surface area contributed by atoms with Crippen molar-refractivity contribution in [2.45, 2.75) is 44.8 Å². The van der Waals surface area contributed by atoms with Crippen LogP contribution in [-0.4, -0.2) is 32.5 Å². The van der Waals surface area contributed by atoms with Gasteiger partial charge in [0.2, 0.25) is 0 Å². The highest BCUT2D eigenvalue weighted by atomic mass is 16.6. The van der Waals surface area contributed by atoms with Crippen molar-refractivity contribution < 1.29 is 14.2 Å². The van der Waals surface area contributed by atoms with Crippen molar-refractivity contribution >= 4 is 0 Å². The first-order chi connectivity index (χ1) is 10.4. The van der Waals surface area contributed by atoms with Crippen LogP contribution >= 0.6 is 0 Å². The summed E-state index contributed by atoms with van der Waals surface area (Å²) in [5.41, 5.74) is 1.21. The van der Waals surface area contributed by atoms with Crippen LogP contribution in [0.5, 0.6) is 11.5 Å². The van der Waals surface area contributed by atoms with Crippen molar-refractivity contribution in [3.8, 4) is 11.5 Å². The van der Waals surface area contributed by atoms with Gasteiger partial charge in [0.05, 0.1) is 18.8 Å². The number of hydrogen-bond donors (Lipinski definition) is 1. The second-order valence-electron chi connectivity index (χ2n) is 5.80. The van der Waals surface area contributed by atoms with Crippen LogP contribution in [0, 0.1) is 0 Å². The molecule has 4 nitrogen and oxygen atoms in total. The van der Waals surface area contributed by atoms with Gasteiger partial charge in [-0.25, -0.2) is 0 Å². The maximum absolute atomic E-state index is 6.00. The van der Waals surface area contributed by atoms with Gasteiger partial charge in [0, 0.05) is 0 Å². The summed E-state index contributed by atoms with van der Waals surface area (Å²) in [7, 11) is 0. The standard InChI is InChI=1S/C17H25NO3/c1-2-8-18-15(12-21-14-4-3-5-14)13-6-7-16-17(11-13)20-10-9-19-16/h6-7,11,14-15,18H,2-5,8-10,12H2,1H3. The molecule has 0 aromatic heterocycles. The topological polar surface area (TPSA) is 39.7 Å². The Morgan fingerprint density at radius 3 is 2.76 bits per heavy atom. The number of ether oxygens (including phenoxy) is 3. The molecule has 0 radical (unpaired) electrons. The van der Waals surface area contributed by atoms with Crippen molar-refractivity contribution in [2.75, 3.05) is 26.4 Å². The highest BCUT2D eigenvalue weighted by molar-refractivity contribution is 5.44. The van der Waals surface area contributed by atoms with Gasteiger partial charge in [-0.3, -0.25) is 0 Å². The van der Waals surface area contributed by atoms with E-state index in [4.69, 9.17) is 14.2 Å². The first kappa shape index (κ1) is 14.7. The zero-order valence-corrected chi connectivity index (χ0v) is 12.8. The lowest BCUT2D eigenvalue weighted by Gasteiger charge is -2.29. The Morgan fingerprint density at radius 1 is 1.24 bits per heavy atom. The summed E-state index contributed by atoms with van der Waals surface area (Å²) in [5.74, 6) is 1.70. The van der Waals surface area contributed by atoms with E-state index >= 15 is 0 Å². The van der Waals surface area contributed by atoms with Crippen LogP contribution in [0.1, 0.15) is 44.2 Å². The third-order valence-corrected chi connectivity index (χ3v) is 4.16. The fourth-order valence-corrected chi connectivity index (χ4v) is 2.64. The molecule has 0 saturated heterocycles. The molecule has 1 aromatic rings. The Kier molecular flexibility index (Phi) is 4.99. The molecule has 0 spiro atoms. The van der Waals surface area contributed by atoms with Gasteiger partial charge < -0.3 is 19.5 Å². The number of hydrogen-bond acceptors (Lipinski definition) is 4. The molecule has 1 aliphatic carbocycles. The highest BCUT2D eigenvalue weighted by Gasteiger charge is 2.21. The van der Waals surface area contributed by atoms with Gasteiger partial charge in [-0.1, -0.05) is 13.0 Å². The molecule has 1 saturated carbocycles. The van der Waals surface area contributed by atoms with Crippen LogP contribution < -0.4 is 14.8 Å². The molecule has 1 fully saturated rings. The number of nitrogens with one attached hydrogen (secondary N) is 1. The van der Waals surface area contributed by atoms with E-state index in [-0.39, 0.29) is 6.04 Å². The van der Waals surface area contributed by atoms with Crippen LogP contribution in [-0.2, 0) is 4.74 Å². The van der Waals surface area contributed by atoms with Crippen molar-refractivity contribution in [3.05, 3.63) is 23.8 Å². The number of benzene rings is 1. The molecule has 1 N–H and O–H groups in total. The Morgan fingerprint density at radius 2 is 2.05 bits per heavy atom. The lowest BCUT2D eigenvalue weighted by molar-refractivity contribution is -0.00880. The molecular weight excluding hydrogens is 266 g/mol. The average Bonchev–Trinajstić information content (AvgIpc) is 2.48. The van der Waals surface area contributed by atoms with Gasteiger partial charge in [-0.15, -0.1) is 0 Å². The largest absolute Gasteiger partial charge is 0.486 e. The monoisotopic (exact) mass is 291 g/mol. The van der Waals surface area contributed by atoms with E-state index in [2.05, 4.69) is 24.4 Å². The molecule has 1 aliphatic heterocycles. The quantitative estimate of drug-likeness (QED) is 0.838. The van der Waals surface area contributed by atoms with Crippen molar-refractivity contribution in [2.24, 2.45) is 0 Å². The molecule has 1 atom stereocenters. The van der Waals surface area contributed by atoms with Crippen LogP contribution in [0.3, 0.4) is 0 Å². The van der Waals surface area contributed by atoms with Gasteiger partial charge in [-0.05, 0) is 49.9 Å². The van der Waals surface area contributed by atoms with Gasteiger partial charge in [0.1, 0.15) is 13.2 Å². The van der Waals surface area contributed by atoms with Gasteiger partial charge in [0.25, 0.3) is 0 Å². The molecule has 1 unspecified atom stereocenters. The lowest BCUT2D eigenvalue weighted by Crippen LogP contribution is -2.31. The molecule has 1 aromatic carbocycles. The van der Waals surface area contributed by atoms with E-state index in [1.807, 2.05) is 6.07 Å². The van der Waals surface area contributed by atoms with Gasteiger partial charge in [-0.2, -0.15) is 0 Å². The molecule has 3 rings (SSSR count). The van der Waals surface area contributed by atoms with Crippen molar-refractivity contribution in [1.29, 1.82) is 0 Å². The SMILES string of the molecule is CCCNC(COC1CCC1)c1ccc2c(c1)OCCO2. The van der Waals surface area contributed by atoms with E-state index in [1.54, 1.807) is 0 Å². The van der Waals surface area contributed by atoms with E-state index in [1.165, 1.54) is 24.8 Å². The summed E-state index contributed by atoms with van der Waals surface area (Å²) in [6, 6.07) is 6.44. The molecule has 1 heterocycles. The fraction of sp³-hybridized carbons (Fsp3) is 0.647. The first-order valence-corrected chi connectivity index (χ1v) is 8.11. The molecule has 0 amide bonds. The Balaban J connectivity index is 1.67. The maximum Gasteiger partial charge on any atom is 0.161 e. The number of fused-ring (bicyclic) bond motifs is 1. The molecule has 0 bridgehead atoms. The summed E-state index contributed by atoms with van der Waals surface area (Å²) in [6.45, 7) is 5.16. The molecular formula is C17H25NO3. The fourth-order valence-electron chi connectivity index (χ4n) is 2.64. The predicted octanol–water partition coefficient (Wildman–Crippen LogP) is 3.07. The minimum absolute atomic E-state index is 0.223. The summed E-state index contributed by atoms with van der Waals surface area (Å²) < 4.78 is 17.3. The minimum atomic E-state index is 0.223. The maximum atomic E-state index is 6.00. The minimum Gasteiger partial charge on any atom is -0.486 e. The van der Waals surface area contributed by atoms with Crippen molar-refractivity contribution in [1.82, 2.24) is 5.32 Å². The summed E-state index contributed by atoms with van der Waals surface area (Å²) in [6.07, 6.45) is 5.31. The summed E-state index contributed by atoms with van der Waals surface area (Å²) in [4.78, 5) is 0. The summed E-state index contributed by atoms with van der Waals surface area (Å²) >= 11 is 0.